The summed E-state index contributed by atoms with van der Waals surface area (Å²) in [6.07, 6.45) is 48.5. The molecule has 12 heteroatoms. The van der Waals surface area contributed by atoms with Gasteiger partial charge in [-0.1, -0.05) is 219 Å². The van der Waals surface area contributed by atoms with E-state index in [9.17, 15) is 23.8 Å². The normalized spacial score (nSPS) is 13.6. The van der Waals surface area contributed by atoms with Crippen LogP contribution >= 0.6 is 7.82 Å². The molecule has 11 nitrogen and oxygen atoms in total. The highest BCUT2D eigenvalue weighted by molar-refractivity contribution is 7.47. The Kier molecular flexibility index (Phi) is 44.5. The number of phosphoric acid groups is 1. The van der Waals surface area contributed by atoms with Crippen LogP contribution in [-0.4, -0.2) is 59.9 Å². The quantitative estimate of drug-likeness (QED) is 0.0230. The smallest absolute Gasteiger partial charge is 0.472 e. The second-order valence-electron chi connectivity index (χ2n) is 17.7. The molecule has 4 N–H and O–H groups in total. The lowest BCUT2D eigenvalue weighted by Crippen LogP contribution is -2.34. The average Bonchev–Trinajstić information content (AvgIpc) is 3.25. The van der Waals surface area contributed by atoms with Crippen molar-refractivity contribution in [1.82, 2.24) is 0 Å². The number of carboxylic acid groups (broad SMARTS) is 1. The molecule has 0 amide bonds. The predicted octanol–water partition coefficient (Wildman–Crippen LogP) is 14.4. The zero-order chi connectivity index (χ0) is 45.6. The molecule has 0 fully saturated rings. The van der Waals surface area contributed by atoms with E-state index >= 15 is 0 Å². The maximum Gasteiger partial charge on any atom is 0.472 e. The Morgan fingerprint density at radius 1 is 0.484 bits per heavy atom. The molecule has 366 valence electrons. The second-order valence-corrected chi connectivity index (χ2v) is 19.1. The van der Waals surface area contributed by atoms with Crippen molar-refractivity contribution < 1.29 is 47.5 Å². The topological polar surface area (TPSA) is 172 Å². The summed E-state index contributed by atoms with van der Waals surface area (Å²) in [5.74, 6) is -2.36. The minimum Gasteiger partial charge on any atom is -0.480 e. The molecule has 0 radical (unpaired) electrons. The predicted molar refractivity (Wildman–Crippen MR) is 254 cm³/mol. The fourth-order valence-corrected chi connectivity index (χ4v) is 8.25. The van der Waals surface area contributed by atoms with E-state index in [-0.39, 0.29) is 19.4 Å². The number of carbonyl (C=O) groups excluding carboxylic acids is 2. The van der Waals surface area contributed by atoms with Gasteiger partial charge in [0.2, 0.25) is 0 Å². The summed E-state index contributed by atoms with van der Waals surface area (Å²) in [4.78, 5) is 46.2. The lowest BCUT2D eigenvalue weighted by Gasteiger charge is -2.20. The third kappa shape index (κ3) is 44.8. The van der Waals surface area contributed by atoms with E-state index in [1.54, 1.807) is 0 Å². The third-order valence-corrected chi connectivity index (χ3v) is 12.5. The van der Waals surface area contributed by atoms with E-state index in [2.05, 4.69) is 30.5 Å². The number of nitrogens with two attached hydrogens (primary N) is 1. The van der Waals surface area contributed by atoms with Crippen LogP contribution in [0.2, 0.25) is 0 Å². The zero-order valence-electron chi connectivity index (χ0n) is 40.0. The van der Waals surface area contributed by atoms with E-state index in [1.807, 2.05) is 0 Å². The third-order valence-electron chi connectivity index (χ3n) is 11.5. The van der Waals surface area contributed by atoms with Crippen LogP contribution < -0.4 is 5.73 Å². The number of phosphoric ester groups is 1. The van der Waals surface area contributed by atoms with Crippen molar-refractivity contribution in [2.75, 3.05) is 19.8 Å². The number of rotatable bonds is 49. The average molecular weight is 902 g/mol. The zero-order valence-corrected chi connectivity index (χ0v) is 40.9. The first kappa shape index (κ1) is 60.2. The summed E-state index contributed by atoms with van der Waals surface area (Å²) < 4.78 is 32.8. The van der Waals surface area contributed by atoms with E-state index in [1.165, 1.54) is 173 Å². The summed E-state index contributed by atoms with van der Waals surface area (Å²) in [5, 5.41) is 8.92. The molecule has 3 atom stereocenters. The molecule has 0 aliphatic rings. The van der Waals surface area contributed by atoms with Crippen LogP contribution in [0.3, 0.4) is 0 Å². The van der Waals surface area contributed by atoms with Crippen LogP contribution in [0, 0.1) is 0 Å². The number of aliphatic carboxylic acids is 1. The Bertz CT molecular complexity index is 1110. The van der Waals surface area contributed by atoms with Gasteiger partial charge >= 0.3 is 25.7 Å². The summed E-state index contributed by atoms with van der Waals surface area (Å²) >= 11 is 0. The Morgan fingerprint density at radius 3 is 1.18 bits per heavy atom. The summed E-state index contributed by atoms with van der Waals surface area (Å²) in [6.45, 7) is 2.85. The van der Waals surface area contributed by atoms with Gasteiger partial charge in [0.05, 0.1) is 13.2 Å². The number of hydrogen-bond donors (Lipinski definition) is 3. The monoisotopic (exact) mass is 902 g/mol. The number of ether oxygens (including phenoxy) is 2. The van der Waals surface area contributed by atoms with Crippen LogP contribution in [0.25, 0.3) is 0 Å². The molecule has 0 rings (SSSR count). The van der Waals surface area contributed by atoms with E-state index in [0.717, 1.165) is 44.9 Å². The molecule has 0 saturated heterocycles. The molecular weight excluding hydrogens is 806 g/mol. The van der Waals surface area contributed by atoms with Gasteiger partial charge in [-0.15, -0.1) is 0 Å². The van der Waals surface area contributed by atoms with Crippen molar-refractivity contribution >= 4 is 25.7 Å². The van der Waals surface area contributed by atoms with E-state index in [4.69, 9.17) is 24.8 Å². The molecular formula is C50H96NO10P. The highest BCUT2D eigenvalue weighted by atomic mass is 31.2. The number of esters is 2. The summed E-state index contributed by atoms with van der Waals surface area (Å²) in [6, 6.07) is -1.52. The van der Waals surface area contributed by atoms with Crippen LogP contribution in [0.5, 0.6) is 0 Å². The number of carbonyl (C=O) groups is 3. The number of unbranched alkanes of at least 4 members (excludes halogenated alkanes) is 33. The Morgan fingerprint density at radius 2 is 0.806 bits per heavy atom. The van der Waals surface area contributed by atoms with Gasteiger partial charge < -0.3 is 25.2 Å². The van der Waals surface area contributed by atoms with Crippen molar-refractivity contribution in [3.8, 4) is 0 Å². The Labute approximate surface area is 379 Å². The Hall–Kier alpha value is -1.78. The van der Waals surface area contributed by atoms with Crippen molar-refractivity contribution in [1.29, 1.82) is 0 Å². The molecule has 62 heavy (non-hydrogen) atoms. The molecule has 0 aromatic carbocycles. The molecule has 0 aliphatic carbocycles. The summed E-state index contributed by atoms with van der Waals surface area (Å²) in [7, 11) is -4.72. The van der Waals surface area contributed by atoms with Gasteiger partial charge in [-0.05, 0) is 38.5 Å². The van der Waals surface area contributed by atoms with Crippen LogP contribution in [0.4, 0.5) is 0 Å². The second kappa shape index (κ2) is 45.8. The number of carboxylic acids is 1. The fraction of sp³-hybridized carbons (Fsp3) is 0.900. The minimum absolute atomic E-state index is 0.161. The van der Waals surface area contributed by atoms with Crippen molar-refractivity contribution in [2.45, 2.75) is 270 Å². The molecule has 0 saturated carbocycles. The molecule has 0 aromatic heterocycles. The first-order valence-corrected chi connectivity index (χ1v) is 27.2. The summed E-state index contributed by atoms with van der Waals surface area (Å²) in [5.41, 5.74) is 5.35. The maximum absolute atomic E-state index is 12.7. The Balaban J connectivity index is 4.20. The molecule has 1 unspecified atom stereocenters. The number of allylic oxidation sites excluding steroid dienone is 2. The largest absolute Gasteiger partial charge is 0.480 e. The molecule has 0 bridgehead atoms. The minimum atomic E-state index is -4.72. The van der Waals surface area contributed by atoms with Crippen LogP contribution in [0.15, 0.2) is 12.2 Å². The van der Waals surface area contributed by atoms with Gasteiger partial charge in [-0.25, -0.2) is 4.57 Å². The van der Waals surface area contributed by atoms with Gasteiger partial charge in [0.1, 0.15) is 12.6 Å². The van der Waals surface area contributed by atoms with Crippen LogP contribution in [0.1, 0.15) is 258 Å². The van der Waals surface area contributed by atoms with Crippen molar-refractivity contribution in [2.24, 2.45) is 5.73 Å². The molecule has 0 aliphatic heterocycles. The van der Waals surface area contributed by atoms with E-state index in [0.29, 0.717) is 12.8 Å². The van der Waals surface area contributed by atoms with Gasteiger partial charge in [0.15, 0.2) is 6.10 Å². The van der Waals surface area contributed by atoms with Gasteiger partial charge in [-0.2, -0.15) is 0 Å². The fourth-order valence-electron chi connectivity index (χ4n) is 7.47. The molecule has 0 spiro atoms. The van der Waals surface area contributed by atoms with Crippen molar-refractivity contribution in [3.63, 3.8) is 0 Å². The number of hydrogen-bond acceptors (Lipinski definition) is 9. The lowest BCUT2D eigenvalue weighted by molar-refractivity contribution is -0.161. The molecule has 0 aromatic rings. The van der Waals surface area contributed by atoms with Gasteiger partial charge in [0.25, 0.3) is 0 Å². The lowest BCUT2D eigenvalue weighted by atomic mass is 10.0. The molecule has 0 heterocycles. The maximum atomic E-state index is 12.7. The van der Waals surface area contributed by atoms with Gasteiger partial charge in [0, 0.05) is 12.8 Å². The highest BCUT2D eigenvalue weighted by Gasteiger charge is 2.28. The highest BCUT2D eigenvalue weighted by Crippen LogP contribution is 2.43. The van der Waals surface area contributed by atoms with E-state index < -0.39 is 51.1 Å². The first-order chi connectivity index (χ1) is 30.1. The van der Waals surface area contributed by atoms with Gasteiger partial charge in [-0.3, -0.25) is 23.4 Å². The van der Waals surface area contributed by atoms with Crippen molar-refractivity contribution in [3.05, 3.63) is 12.2 Å². The standard InChI is InChI=1S/C50H96NO10P/c1-3-5-7-9-11-13-15-17-19-21-22-23-24-26-27-29-31-33-35-37-39-41-48(52)58-43-46(44-59-62(56,57)60-45-47(51)50(54)55)61-49(53)42-40-38-36-34-32-30-28-25-20-18-16-14-12-10-8-6-4-2/h18,20,46-47H,3-17,19,21-45,51H2,1-2H3,(H,54,55)(H,56,57)/b20-18-/t46-,47+/m1/s1. The van der Waals surface area contributed by atoms with Crippen LogP contribution in [-0.2, 0) is 37.5 Å². The SMILES string of the molecule is CCCCCCCC/C=C\CCCCCCCCCC(=O)O[C@H](COC(=O)CCCCCCCCCCCCCCCCCCCCCCC)COP(=O)(O)OC[C@H](N)C(=O)O. The first-order valence-electron chi connectivity index (χ1n) is 25.7.